The van der Waals surface area contributed by atoms with Gasteiger partial charge in [-0.15, -0.1) is 0 Å². The van der Waals surface area contributed by atoms with E-state index in [1.807, 2.05) is 0 Å². The molecule has 2 N–H and O–H groups in total. The maximum atomic E-state index is 11.8. The summed E-state index contributed by atoms with van der Waals surface area (Å²) in [5, 5.41) is 8.32. The monoisotopic (exact) mass is 278 g/mol. The molecular formula is C7H13F3N2O4S. The van der Waals surface area contributed by atoms with Crippen LogP contribution in [0.4, 0.5) is 13.2 Å². The number of alkyl halides is 3. The van der Waals surface area contributed by atoms with E-state index < -0.39 is 41.7 Å². The van der Waals surface area contributed by atoms with Gasteiger partial charge < -0.3 is 5.11 Å². The molecule has 0 saturated carbocycles. The molecule has 102 valence electrons. The summed E-state index contributed by atoms with van der Waals surface area (Å²) in [7, 11) is -2.98. The molecule has 0 heterocycles. The van der Waals surface area contributed by atoms with Crippen LogP contribution in [-0.4, -0.2) is 50.1 Å². The molecule has 0 fully saturated rings. The molecule has 0 rings (SSSR count). The maximum Gasteiger partial charge on any atom is 0.390 e. The highest BCUT2D eigenvalue weighted by atomic mass is 32.2. The Bertz CT molecular complexity index is 355. The predicted octanol–water partition coefficient (Wildman–Crippen LogP) is 0.180. The molecule has 0 saturated heterocycles. The Morgan fingerprint density at radius 3 is 2.35 bits per heavy atom. The summed E-state index contributed by atoms with van der Waals surface area (Å²) in [6, 6.07) is 0. The zero-order valence-corrected chi connectivity index (χ0v) is 9.81. The molecule has 10 heteroatoms. The van der Waals surface area contributed by atoms with Crippen LogP contribution in [0.15, 0.2) is 0 Å². The van der Waals surface area contributed by atoms with Crippen molar-refractivity contribution in [2.75, 3.05) is 20.1 Å². The van der Waals surface area contributed by atoms with Gasteiger partial charge in [0.1, 0.15) is 0 Å². The van der Waals surface area contributed by atoms with Crippen LogP contribution in [-0.2, 0) is 15.0 Å². The molecule has 0 aliphatic rings. The number of carbonyl (C=O) groups is 1. The first kappa shape index (κ1) is 16.1. The second-order valence-electron chi connectivity index (χ2n) is 3.23. The number of rotatable bonds is 7. The quantitative estimate of drug-likeness (QED) is 0.695. The molecule has 0 aliphatic heterocycles. The van der Waals surface area contributed by atoms with Crippen molar-refractivity contribution < 1.29 is 31.5 Å². The average Bonchev–Trinajstić information content (AvgIpc) is 2.11. The van der Waals surface area contributed by atoms with Crippen LogP contribution in [0.2, 0.25) is 0 Å². The van der Waals surface area contributed by atoms with Crippen molar-refractivity contribution >= 4 is 16.2 Å². The van der Waals surface area contributed by atoms with Gasteiger partial charge in [-0.25, -0.2) is 4.72 Å². The molecule has 0 radical (unpaired) electrons. The summed E-state index contributed by atoms with van der Waals surface area (Å²) in [5.41, 5.74) is 0. The largest absolute Gasteiger partial charge is 0.481 e. The van der Waals surface area contributed by atoms with Gasteiger partial charge in [0, 0.05) is 20.1 Å². The van der Waals surface area contributed by atoms with Crippen molar-refractivity contribution in [3.05, 3.63) is 0 Å². The number of hydrogen-bond acceptors (Lipinski definition) is 3. The lowest BCUT2D eigenvalue weighted by molar-refractivity contribution is -0.137. The van der Waals surface area contributed by atoms with Crippen molar-refractivity contribution in [1.29, 1.82) is 0 Å². The molecule has 0 aromatic heterocycles. The highest BCUT2D eigenvalue weighted by molar-refractivity contribution is 7.87. The Morgan fingerprint density at radius 2 is 1.94 bits per heavy atom. The molecule has 0 amide bonds. The molecule has 0 spiro atoms. The second-order valence-corrected chi connectivity index (χ2v) is 5.09. The van der Waals surface area contributed by atoms with Crippen molar-refractivity contribution in [3.63, 3.8) is 0 Å². The lowest BCUT2D eigenvalue weighted by atomic mass is 10.4. The third-order valence-electron chi connectivity index (χ3n) is 1.74. The van der Waals surface area contributed by atoms with Crippen LogP contribution in [0.1, 0.15) is 12.8 Å². The van der Waals surface area contributed by atoms with Gasteiger partial charge in [0.05, 0.1) is 12.8 Å². The standard InChI is InChI=1S/C7H13F3N2O4S/c1-12(5-2-6(13)14)17(15,16)11-4-3-7(8,9)10/h11H,2-5H2,1H3,(H,13,14). The average molecular weight is 278 g/mol. The van der Waals surface area contributed by atoms with E-state index >= 15 is 0 Å². The molecular weight excluding hydrogens is 265 g/mol. The molecule has 0 aliphatic carbocycles. The fourth-order valence-electron chi connectivity index (χ4n) is 0.805. The summed E-state index contributed by atoms with van der Waals surface area (Å²) in [6.45, 7) is -1.08. The van der Waals surface area contributed by atoms with Crippen molar-refractivity contribution in [2.24, 2.45) is 0 Å². The van der Waals surface area contributed by atoms with Gasteiger partial charge in [0.2, 0.25) is 0 Å². The van der Waals surface area contributed by atoms with E-state index in [1.165, 1.54) is 0 Å². The van der Waals surface area contributed by atoms with E-state index in [4.69, 9.17) is 5.11 Å². The molecule has 0 bridgehead atoms. The Morgan fingerprint density at radius 1 is 1.41 bits per heavy atom. The van der Waals surface area contributed by atoms with Gasteiger partial charge in [-0.3, -0.25) is 4.79 Å². The first-order chi connectivity index (χ1) is 7.54. The second kappa shape index (κ2) is 6.17. The smallest absolute Gasteiger partial charge is 0.390 e. The lowest BCUT2D eigenvalue weighted by Gasteiger charge is -2.17. The number of carboxylic acid groups (broad SMARTS) is 1. The Labute approximate surface area is 96.6 Å². The van der Waals surface area contributed by atoms with Gasteiger partial charge in [0.25, 0.3) is 10.2 Å². The number of nitrogens with one attached hydrogen (secondary N) is 1. The summed E-state index contributed by atoms with van der Waals surface area (Å²) in [5.74, 6) is -1.19. The zero-order chi connectivity index (χ0) is 13.7. The Hall–Kier alpha value is -0.870. The van der Waals surface area contributed by atoms with Gasteiger partial charge in [-0.1, -0.05) is 0 Å². The van der Waals surface area contributed by atoms with E-state index in [0.29, 0.717) is 4.31 Å². The highest BCUT2D eigenvalue weighted by Crippen LogP contribution is 2.18. The van der Waals surface area contributed by atoms with E-state index in [1.54, 1.807) is 4.72 Å². The summed E-state index contributed by atoms with van der Waals surface area (Å²) in [6.07, 6.45) is -6.14. The Kier molecular flexibility index (Phi) is 5.85. The van der Waals surface area contributed by atoms with E-state index in [9.17, 15) is 26.4 Å². The lowest BCUT2D eigenvalue weighted by Crippen LogP contribution is -2.40. The first-order valence-electron chi connectivity index (χ1n) is 4.54. The zero-order valence-electron chi connectivity index (χ0n) is 8.99. The SMILES string of the molecule is CN(CCC(=O)O)S(=O)(=O)NCCC(F)(F)F. The van der Waals surface area contributed by atoms with Crippen molar-refractivity contribution in [1.82, 2.24) is 9.03 Å². The summed E-state index contributed by atoms with van der Waals surface area (Å²) < 4.78 is 60.2. The fourth-order valence-corrected chi connectivity index (χ4v) is 1.72. The molecule has 0 aromatic rings. The predicted molar refractivity (Wildman–Crippen MR) is 52.5 cm³/mol. The Balaban J connectivity index is 4.15. The van der Waals surface area contributed by atoms with Crippen molar-refractivity contribution in [2.45, 2.75) is 19.0 Å². The van der Waals surface area contributed by atoms with Gasteiger partial charge in [0.15, 0.2) is 0 Å². The number of aliphatic carboxylic acids is 1. The van der Waals surface area contributed by atoms with Gasteiger partial charge in [-0.2, -0.15) is 25.9 Å². The normalized spacial score (nSPS) is 13.0. The molecule has 17 heavy (non-hydrogen) atoms. The number of halogens is 3. The minimum absolute atomic E-state index is 0.309. The summed E-state index contributed by atoms with van der Waals surface area (Å²) >= 11 is 0. The number of hydrogen-bond donors (Lipinski definition) is 2. The van der Waals surface area contributed by atoms with Crippen LogP contribution in [0.3, 0.4) is 0 Å². The van der Waals surface area contributed by atoms with Crippen LogP contribution >= 0.6 is 0 Å². The van der Waals surface area contributed by atoms with Crippen LogP contribution < -0.4 is 4.72 Å². The number of nitrogens with zero attached hydrogens (tertiary/aromatic N) is 1. The van der Waals surface area contributed by atoms with Gasteiger partial charge >= 0.3 is 12.1 Å². The third kappa shape index (κ3) is 7.94. The van der Waals surface area contributed by atoms with Crippen LogP contribution in [0, 0.1) is 0 Å². The fraction of sp³-hybridized carbons (Fsp3) is 0.857. The van der Waals surface area contributed by atoms with Gasteiger partial charge in [-0.05, 0) is 0 Å². The van der Waals surface area contributed by atoms with E-state index in [0.717, 1.165) is 7.05 Å². The highest BCUT2D eigenvalue weighted by Gasteiger charge is 2.28. The van der Waals surface area contributed by atoms with Crippen LogP contribution in [0.25, 0.3) is 0 Å². The molecule has 0 unspecified atom stereocenters. The van der Waals surface area contributed by atoms with Crippen molar-refractivity contribution in [3.8, 4) is 0 Å². The molecule has 6 nitrogen and oxygen atoms in total. The molecule has 0 atom stereocenters. The maximum absolute atomic E-state index is 11.8. The van der Waals surface area contributed by atoms with E-state index in [2.05, 4.69) is 0 Å². The number of carboxylic acids is 1. The first-order valence-corrected chi connectivity index (χ1v) is 5.98. The van der Waals surface area contributed by atoms with Crippen LogP contribution in [0.5, 0.6) is 0 Å². The minimum atomic E-state index is -4.44. The summed E-state index contributed by atoms with van der Waals surface area (Å²) in [4.78, 5) is 10.2. The molecule has 0 aromatic carbocycles. The van der Waals surface area contributed by atoms with E-state index in [-0.39, 0.29) is 6.54 Å². The minimum Gasteiger partial charge on any atom is -0.481 e. The topological polar surface area (TPSA) is 86.7 Å². The third-order valence-corrected chi connectivity index (χ3v) is 3.32.